The monoisotopic (exact) mass is 382 g/mol. The Morgan fingerprint density at radius 2 is 2.00 bits per heavy atom. The van der Waals surface area contributed by atoms with Crippen molar-refractivity contribution in [2.24, 2.45) is 0 Å². The molecule has 0 aliphatic rings. The summed E-state index contributed by atoms with van der Waals surface area (Å²) in [7, 11) is 1.57. The summed E-state index contributed by atoms with van der Waals surface area (Å²) in [6.45, 7) is 4.15. The lowest BCUT2D eigenvalue weighted by atomic mass is 10.4. The van der Waals surface area contributed by atoms with Crippen LogP contribution < -0.4 is 8.62 Å². The summed E-state index contributed by atoms with van der Waals surface area (Å²) < 4.78 is 19.0. The van der Waals surface area contributed by atoms with Crippen molar-refractivity contribution in [1.82, 2.24) is 8.62 Å². The lowest BCUT2D eigenvalue weighted by Crippen LogP contribution is -2.22. The molecule has 5 nitrogen and oxygen atoms in total. The van der Waals surface area contributed by atoms with Gasteiger partial charge in [-0.25, -0.2) is 5.09 Å². The van der Waals surface area contributed by atoms with Gasteiger partial charge >= 0.3 is 0 Å². The minimum atomic E-state index is -2.33. The van der Waals surface area contributed by atoms with E-state index in [9.17, 15) is 0 Å². The molecule has 1 atom stereocenters. The Labute approximate surface area is 117 Å². The average Bonchev–Trinajstić information content (AvgIpc) is 2.22. The zero-order chi connectivity index (χ0) is 12.4. The minimum absolute atomic E-state index is 0.245. The highest BCUT2D eigenvalue weighted by Crippen LogP contribution is 2.43. The third-order valence-electron chi connectivity index (χ3n) is 1.49. The van der Waals surface area contributed by atoms with Gasteiger partial charge < -0.3 is 13.8 Å². The maximum atomic E-state index is 5.52. The van der Waals surface area contributed by atoms with Crippen LogP contribution in [0.3, 0.4) is 0 Å². The van der Waals surface area contributed by atoms with E-state index in [-0.39, 0.29) is 6.04 Å². The van der Waals surface area contributed by atoms with Crippen molar-refractivity contribution >= 4 is 41.3 Å². The molecule has 0 rings (SSSR count). The van der Waals surface area contributed by atoms with Gasteiger partial charge in [0.1, 0.15) is 0 Å². The molecule has 0 bridgehead atoms. The van der Waals surface area contributed by atoms with Crippen molar-refractivity contribution < 1.29 is 13.8 Å². The second-order valence-electron chi connectivity index (χ2n) is 3.29. The van der Waals surface area contributed by atoms with E-state index < -0.39 is 6.64 Å². The molecule has 1 unspecified atom stereocenters. The number of nitrogens with one attached hydrogen (secondary N) is 2. The van der Waals surface area contributed by atoms with Crippen molar-refractivity contribution in [3.8, 4) is 0 Å². The third-order valence-corrected chi connectivity index (χ3v) is 4.94. The minimum Gasteiger partial charge on any atom is -0.378 e. The normalized spacial score (nSPS) is 15.3. The quantitative estimate of drug-likeness (QED) is 0.260. The Hall–Kier alpha value is 1.18. The largest absolute Gasteiger partial charge is 0.378 e. The van der Waals surface area contributed by atoms with Gasteiger partial charge in [-0.05, 0) is 25.7 Å². The predicted octanol–water partition coefficient (Wildman–Crippen LogP) is 1.83. The fourth-order valence-electron chi connectivity index (χ4n) is 0.888. The highest BCUT2D eigenvalue weighted by molar-refractivity contribution is 14.1. The van der Waals surface area contributed by atoms with E-state index in [1.54, 1.807) is 7.11 Å². The Balaban J connectivity index is 3.66. The van der Waals surface area contributed by atoms with E-state index in [2.05, 4.69) is 31.5 Å². The molecule has 0 radical (unpaired) electrons. The summed E-state index contributed by atoms with van der Waals surface area (Å²) in [5.74, 6) is 0. The van der Waals surface area contributed by atoms with Gasteiger partial charge in [0.05, 0.1) is 19.8 Å². The van der Waals surface area contributed by atoms with Gasteiger partial charge in [0, 0.05) is 42.6 Å². The highest BCUT2D eigenvalue weighted by atomic mass is 127. The number of ether oxygens (including phenoxy) is 1. The number of hydrogen-bond donors (Lipinski definition) is 2. The standard InChI is InChI=1S/C8H20IN2O3PS/c1-8(2)11-15(16,12-3)14-7-6-13-5-4-10-9/h8,10H,4-7H2,1-3H3,(H,11,16). The van der Waals surface area contributed by atoms with Gasteiger partial charge in [-0.2, -0.15) is 0 Å². The van der Waals surface area contributed by atoms with Crippen molar-refractivity contribution in [1.29, 1.82) is 0 Å². The molecular weight excluding hydrogens is 362 g/mol. The predicted molar refractivity (Wildman–Crippen MR) is 78.4 cm³/mol. The highest BCUT2D eigenvalue weighted by Gasteiger charge is 2.17. The smallest absolute Gasteiger partial charge is 0.261 e. The van der Waals surface area contributed by atoms with Crippen molar-refractivity contribution in [2.75, 3.05) is 33.5 Å². The summed E-state index contributed by atoms with van der Waals surface area (Å²) in [6.07, 6.45) is 0. The van der Waals surface area contributed by atoms with Gasteiger partial charge in [-0.15, -0.1) is 0 Å². The molecule has 8 heteroatoms. The van der Waals surface area contributed by atoms with E-state index in [0.29, 0.717) is 19.8 Å². The van der Waals surface area contributed by atoms with Crippen molar-refractivity contribution in [3.63, 3.8) is 0 Å². The molecular formula is C8H20IN2O3PS. The molecule has 0 fully saturated rings. The van der Waals surface area contributed by atoms with E-state index in [1.807, 2.05) is 13.8 Å². The van der Waals surface area contributed by atoms with Crippen molar-refractivity contribution in [2.45, 2.75) is 19.9 Å². The van der Waals surface area contributed by atoms with Gasteiger partial charge in [0.25, 0.3) is 6.64 Å². The van der Waals surface area contributed by atoms with Crippen LogP contribution in [-0.2, 0) is 25.6 Å². The molecule has 0 saturated carbocycles. The van der Waals surface area contributed by atoms with E-state index in [4.69, 9.17) is 25.6 Å². The Kier molecular flexibility index (Phi) is 10.9. The summed E-state index contributed by atoms with van der Waals surface area (Å²) in [4.78, 5) is 0. The van der Waals surface area contributed by atoms with Gasteiger partial charge in [0.2, 0.25) is 0 Å². The van der Waals surface area contributed by atoms with Crippen molar-refractivity contribution in [3.05, 3.63) is 0 Å². The fourth-order valence-corrected chi connectivity index (χ4v) is 3.20. The lowest BCUT2D eigenvalue weighted by molar-refractivity contribution is 0.102. The van der Waals surface area contributed by atoms with Gasteiger partial charge in [-0.3, -0.25) is 3.53 Å². The zero-order valence-corrected chi connectivity index (χ0v) is 13.7. The van der Waals surface area contributed by atoms with E-state index >= 15 is 0 Å². The van der Waals surface area contributed by atoms with Crippen LogP contribution in [0.5, 0.6) is 0 Å². The maximum absolute atomic E-state index is 5.52. The molecule has 0 saturated heterocycles. The van der Waals surface area contributed by atoms with Crippen LogP contribution in [0.2, 0.25) is 0 Å². The second kappa shape index (κ2) is 10.1. The summed E-state index contributed by atoms with van der Waals surface area (Å²) in [5, 5.41) is 3.12. The SMILES string of the molecule is COP(=S)(NC(C)C)OCCOCCNI. The molecule has 0 aromatic carbocycles. The average molecular weight is 382 g/mol. The lowest BCUT2D eigenvalue weighted by Gasteiger charge is -2.23. The summed E-state index contributed by atoms with van der Waals surface area (Å²) in [6, 6.07) is 0.245. The molecule has 16 heavy (non-hydrogen) atoms. The van der Waals surface area contributed by atoms with Crippen LogP contribution in [0, 0.1) is 0 Å². The molecule has 98 valence electrons. The molecule has 0 aromatic rings. The number of rotatable bonds is 10. The summed E-state index contributed by atoms with van der Waals surface area (Å²) in [5.41, 5.74) is 0. The first-order valence-electron chi connectivity index (χ1n) is 5.03. The molecule has 0 heterocycles. The maximum Gasteiger partial charge on any atom is 0.261 e. The Bertz CT molecular complexity index is 221. The molecule has 0 aliphatic heterocycles. The zero-order valence-electron chi connectivity index (χ0n) is 9.86. The first-order chi connectivity index (χ1) is 7.54. The molecule has 0 aliphatic carbocycles. The third kappa shape index (κ3) is 9.23. The van der Waals surface area contributed by atoms with E-state index in [0.717, 1.165) is 6.54 Å². The molecule has 0 aromatic heterocycles. The molecule has 0 spiro atoms. The van der Waals surface area contributed by atoms with Crippen LogP contribution in [0.25, 0.3) is 0 Å². The summed E-state index contributed by atoms with van der Waals surface area (Å²) >= 11 is 7.34. The van der Waals surface area contributed by atoms with Crippen LogP contribution in [-0.4, -0.2) is 39.5 Å². The van der Waals surface area contributed by atoms with Crippen LogP contribution in [0.15, 0.2) is 0 Å². The molecule has 0 amide bonds. The van der Waals surface area contributed by atoms with Crippen LogP contribution in [0.4, 0.5) is 0 Å². The van der Waals surface area contributed by atoms with Gasteiger partial charge in [-0.1, -0.05) is 0 Å². The first-order valence-corrected chi connectivity index (χ1v) is 8.75. The second-order valence-corrected chi connectivity index (χ2v) is 7.37. The number of hydrogen-bond acceptors (Lipinski definition) is 5. The Morgan fingerprint density at radius 3 is 2.50 bits per heavy atom. The molecule has 2 N–H and O–H groups in total. The fraction of sp³-hybridized carbons (Fsp3) is 1.00. The van der Waals surface area contributed by atoms with Gasteiger partial charge in [0.15, 0.2) is 0 Å². The number of halogens is 1. The van der Waals surface area contributed by atoms with Crippen LogP contribution >= 0.6 is 29.5 Å². The van der Waals surface area contributed by atoms with E-state index in [1.165, 1.54) is 0 Å². The first kappa shape index (κ1) is 17.2. The Morgan fingerprint density at radius 1 is 1.31 bits per heavy atom. The topological polar surface area (TPSA) is 51.8 Å². The van der Waals surface area contributed by atoms with Crippen LogP contribution in [0.1, 0.15) is 13.8 Å².